The van der Waals surface area contributed by atoms with Crippen LogP contribution >= 0.6 is 0 Å². The van der Waals surface area contributed by atoms with Gasteiger partial charge in [-0.2, -0.15) is 0 Å². The Hall–Kier alpha value is -1.30. The number of benzene rings is 1. The molecule has 0 aliphatic carbocycles. The predicted octanol–water partition coefficient (Wildman–Crippen LogP) is 1.40. The number of morpholine rings is 1. The van der Waals surface area contributed by atoms with Gasteiger partial charge in [-0.15, -0.1) is 0 Å². The van der Waals surface area contributed by atoms with Crippen molar-refractivity contribution in [1.82, 2.24) is 10.2 Å². The van der Waals surface area contributed by atoms with Crippen molar-refractivity contribution in [3.63, 3.8) is 0 Å². The van der Waals surface area contributed by atoms with E-state index in [4.69, 9.17) is 14.2 Å². The summed E-state index contributed by atoms with van der Waals surface area (Å²) in [5.74, 6) is 1.72. The van der Waals surface area contributed by atoms with Gasteiger partial charge in [-0.05, 0) is 37.7 Å². The number of hydrogen-bond donors (Lipinski definition) is 1. The van der Waals surface area contributed by atoms with E-state index in [0.29, 0.717) is 12.8 Å². The average Bonchev–Trinajstić information content (AvgIpc) is 2.96. The zero-order chi connectivity index (χ0) is 13.8. The first-order valence-electron chi connectivity index (χ1n) is 7.24. The second-order valence-electron chi connectivity index (χ2n) is 5.17. The smallest absolute Gasteiger partial charge is 0.231 e. The molecule has 0 radical (unpaired) electrons. The fourth-order valence-corrected chi connectivity index (χ4v) is 2.85. The third kappa shape index (κ3) is 2.90. The summed E-state index contributed by atoms with van der Waals surface area (Å²) in [6, 6.07) is 6.70. The molecule has 1 saturated heterocycles. The number of hydrogen-bond acceptors (Lipinski definition) is 5. The van der Waals surface area contributed by atoms with Crippen molar-refractivity contribution in [2.24, 2.45) is 0 Å². The summed E-state index contributed by atoms with van der Waals surface area (Å²) >= 11 is 0. The van der Waals surface area contributed by atoms with Crippen LogP contribution in [0.2, 0.25) is 0 Å². The number of rotatable bonds is 5. The van der Waals surface area contributed by atoms with E-state index in [1.807, 2.05) is 13.1 Å². The molecule has 1 unspecified atom stereocenters. The van der Waals surface area contributed by atoms with E-state index in [0.717, 1.165) is 50.8 Å². The molecule has 0 aromatic heterocycles. The van der Waals surface area contributed by atoms with E-state index >= 15 is 0 Å². The number of fused-ring (bicyclic) bond motifs is 1. The minimum absolute atomic E-state index is 0.331. The van der Waals surface area contributed by atoms with Crippen LogP contribution < -0.4 is 14.8 Å². The van der Waals surface area contributed by atoms with Crippen LogP contribution in [0.15, 0.2) is 18.2 Å². The van der Waals surface area contributed by atoms with Gasteiger partial charge in [-0.25, -0.2) is 0 Å². The fraction of sp³-hybridized carbons (Fsp3) is 0.600. The summed E-state index contributed by atoms with van der Waals surface area (Å²) in [5, 5.41) is 3.25. The monoisotopic (exact) mass is 278 g/mol. The van der Waals surface area contributed by atoms with Gasteiger partial charge in [0.25, 0.3) is 0 Å². The van der Waals surface area contributed by atoms with E-state index in [1.165, 1.54) is 5.56 Å². The first kappa shape index (κ1) is 13.7. The second-order valence-corrected chi connectivity index (χ2v) is 5.17. The van der Waals surface area contributed by atoms with E-state index in [2.05, 4.69) is 22.3 Å². The molecule has 110 valence electrons. The standard InChI is InChI=1S/C15H22N2O3/c1-16-5-4-13(17-6-8-18-9-7-17)12-2-3-14-15(10-12)20-11-19-14/h2-3,10,13,16H,4-9,11H2,1H3. The fourth-order valence-electron chi connectivity index (χ4n) is 2.85. The van der Waals surface area contributed by atoms with Gasteiger partial charge >= 0.3 is 0 Å². The van der Waals surface area contributed by atoms with Crippen molar-refractivity contribution in [1.29, 1.82) is 0 Å². The van der Waals surface area contributed by atoms with E-state index < -0.39 is 0 Å². The molecule has 0 bridgehead atoms. The van der Waals surface area contributed by atoms with Gasteiger partial charge in [-0.1, -0.05) is 6.07 Å². The highest BCUT2D eigenvalue weighted by Gasteiger charge is 2.24. The number of nitrogens with one attached hydrogen (secondary N) is 1. The first-order chi connectivity index (χ1) is 9.88. The van der Waals surface area contributed by atoms with Gasteiger partial charge in [0.15, 0.2) is 11.5 Å². The Morgan fingerprint density at radius 1 is 1.20 bits per heavy atom. The summed E-state index contributed by atoms with van der Waals surface area (Å²) < 4.78 is 16.4. The van der Waals surface area contributed by atoms with Crippen LogP contribution in [0.1, 0.15) is 18.0 Å². The lowest BCUT2D eigenvalue weighted by molar-refractivity contribution is 0.0143. The summed E-state index contributed by atoms with van der Waals surface area (Å²) in [6.45, 7) is 4.95. The second kappa shape index (κ2) is 6.43. The molecular formula is C15H22N2O3. The van der Waals surface area contributed by atoms with Crippen LogP contribution in [0.4, 0.5) is 0 Å². The summed E-state index contributed by atoms with van der Waals surface area (Å²) in [5.41, 5.74) is 1.30. The Balaban J connectivity index is 1.80. The molecule has 5 nitrogen and oxygen atoms in total. The van der Waals surface area contributed by atoms with Gasteiger partial charge in [0.2, 0.25) is 6.79 Å². The van der Waals surface area contributed by atoms with Crippen LogP contribution in [0.25, 0.3) is 0 Å². The Kier molecular flexibility index (Phi) is 4.40. The first-order valence-corrected chi connectivity index (χ1v) is 7.24. The molecule has 0 amide bonds. The minimum atomic E-state index is 0.331. The maximum atomic E-state index is 5.50. The zero-order valence-electron chi connectivity index (χ0n) is 11.9. The lowest BCUT2D eigenvalue weighted by Crippen LogP contribution is -2.39. The van der Waals surface area contributed by atoms with E-state index in [1.54, 1.807) is 0 Å². The van der Waals surface area contributed by atoms with Crippen molar-refractivity contribution >= 4 is 0 Å². The van der Waals surface area contributed by atoms with Gasteiger partial charge in [-0.3, -0.25) is 4.90 Å². The van der Waals surface area contributed by atoms with Gasteiger partial charge in [0.1, 0.15) is 0 Å². The highest BCUT2D eigenvalue weighted by Crippen LogP contribution is 2.36. The highest BCUT2D eigenvalue weighted by atomic mass is 16.7. The molecule has 1 aromatic carbocycles. The Labute approximate surface area is 119 Å². The Morgan fingerprint density at radius 2 is 2.00 bits per heavy atom. The Bertz CT molecular complexity index is 447. The maximum absolute atomic E-state index is 5.50. The molecule has 2 heterocycles. The lowest BCUT2D eigenvalue weighted by atomic mass is 10.0. The molecule has 2 aliphatic heterocycles. The third-order valence-electron chi connectivity index (χ3n) is 3.94. The van der Waals surface area contributed by atoms with Crippen LogP contribution in [0, 0.1) is 0 Å². The van der Waals surface area contributed by atoms with Crippen LogP contribution in [0.3, 0.4) is 0 Å². The van der Waals surface area contributed by atoms with Crippen LogP contribution in [-0.4, -0.2) is 51.6 Å². The largest absolute Gasteiger partial charge is 0.454 e. The number of ether oxygens (including phenoxy) is 3. The molecule has 1 N–H and O–H groups in total. The average molecular weight is 278 g/mol. The van der Waals surface area contributed by atoms with Crippen molar-refractivity contribution in [3.8, 4) is 11.5 Å². The molecule has 0 saturated carbocycles. The topological polar surface area (TPSA) is 43.0 Å². The molecular weight excluding hydrogens is 256 g/mol. The SMILES string of the molecule is CNCCC(c1ccc2c(c1)OCO2)N1CCOCC1. The van der Waals surface area contributed by atoms with Gasteiger partial charge in [0, 0.05) is 19.1 Å². The van der Waals surface area contributed by atoms with Gasteiger partial charge < -0.3 is 19.5 Å². The third-order valence-corrected chi connectivity index (χ3v) is 3.94. The van der Waals surface area contributed by atoms with Gasteiger partial charge in [0.05, 0.1) is 13.2 Å². The van der Waals surface area contributed by atoms with Crippen LogP contribution in [0.5, 0.6) is 11.5 Å². The molecule has 2 aliphatic rings. The molecule has 3 rings (SSSR count). The highest BCUT2D eigenvalue weighted by molar-refractivity contribution is 5.45. The van der Waals surface area contributed by atoms with E-state index in [-0.39, 0.29) is 0 Å². The quantitative estimate of drug-likeness (QED) is 0.882. The van der Waals surface area contributed by atoms with Crippen molar-refractivity contribution < 1.29 is 14.2 Å². The maximum Gasteiger partial charge on any atom is 0.231 e. The minimum Gasteiger partial charge on any atom is -0.454 e. The molecule has 0 spiro atoms. The predicted molar refractivity (Wildman–Crippen MR) is 76.2 cm³/mol. The summed E-state index contributed by atoms with van der Waals surface area (Å²) in [6.07, 6.45) is 1.08. The molecule has 5 heteroatoms. The summed E-state index contributed by atoms with van der Waals surface area (Å²) in [4.78, 5) is 2.50. The number of nitrogens with zero attached hydrogens (tertiary/aromatic N) is 1. The molecule has 1 atom stereocenters. The zero-order valence-corrected chi connectivity index (χ0v) is 11.9. The molecule has 1 fully saturated rings. The molecule has 1 aromatic rings. The van der Waals surface area contributed by atoms with Crippen molar-refractivity contribution in [2.45, 2.75) is 12.5 Å². The molecule has 20 heavy (non-hydrogen) atoms. The van der Waals surface area contributed by atoms with Crippen molar-refractivity contribution in [2.75, 3.05) is 46.7 Å². The normalized spacial score (nSPS) is 20.1. The summed E-state index contributed by atoms with van der Waals surface area (Å²) in [7, 11) is 2.00. The van der Waals surface area contributed by atoms with E-state index in [9.17, 15) is 0 Å². The van der Waals surface area contributed by atoms with Crippen LogP contribution in [-0.2, 0) is 4.74 Å². The lowest BCUT2D eigenvalue weighted by Gasteiger charge is -2.35. The Morgan fingerprint density at radius 3 is 2.80 bits per heavy atom. The van der Waals surface area contributed by atoms with Crippen molar-refractivity contribution in [3.05, 3.63) is 23.8 Å².